The summed E-state index contributed by atoms with van der Waals surface area (Å²) in [7, 11) is 0. The molecule has 0 unspecified atom stereocenters. The third-order valence-electron chi connectivity index (χ3n) is 13.5. The second-order valence-electron chi connectivity index (χ2n) is 19.0. The lowest BCUT2D eigenvalue weighted by Gasteiger charge is -2.45. The zero-order valence-electron chi connectivity index (χ0n) is 43.2. The molecular weight excluding hydrogens is 1370 g/mol. The average molecular weight is 1400 g/mol. The molecule has 8 aromatic rings. The monoisotopic (exact) mass is 1400 g/mol. The minimum atomic E-state index is -8.27. The summed E-state index contributed by atoms with van der Waals surface area (Å²) in [5.41, 5.74) is -35.8. The normalized spacial score (nSPS) is 12.3. The molecular formula is C57H25BF29I. The van der Waals surface area contributed by atoms with Gasteiger partial charge in [0.2, 0.25) is 0 Å². The van der Waals surface area contributed by atoms with E-state index in [0.717, 1.165) is 18.2 Å². The van der Waals surface area contributed by atoms with E-state index in [4.69, 9.17) is 0 Å². The second-order valence-corrected chi connectivity index (χ2v) is 22.0. The van der Waals surface area contributed by atoms with Crippen molar-refractivity contribution in [3.8, 4) is 22.3 Å². The van der Waals surface area contributed by atoms with Crippen LogP contribution in [0.15, 0.2) is 79.4 Å². The first-order valence-corrected chi connectivity index (χ1v) is 26.0. The molecule has 0 aliphatic carbocycles. The molecule has 0 N–H and O–H groups in total. The minimum Gasteiger partial charge on any atom is -0.207 e. The van der Waals surface area contributed by atoms with Crippen LogP contribution in [-0.2, 0) is 18.5 Å². The molecule has 88 heavy (non-hydrogen) atoms. The fourth-order valence-corrected chi connectivity index (χ4v) is 11.6. The van der Waals surface area contributed by atoms with Gasteiger partial charge in [-0.25, -0.2) is 87.8 Å². The molecule has 0 saturated heterocycles. The Labute approximate surface area is 484 Å². The molecule has 0 saturated carbocycles. The molecule has 0 heterocycles. The number of halogens is 30. The number of aryl methyl sites for hydroxylation is 1. The Kier molecular flexibility index (Phi) is 18.7. The first-order chi connectivity index (χ1) is 40.6. The van der Waals surface area contributed by atoms with E-state index in [0.29, 0.717) is 18.1 Å². The maximum Gasteiger partial charge on any atom is 0.422 e. The van der Waals surface area contributed by atoms with Gasteiger partial charge in [-0.05, 0) is 53.8 Å². The van der Waals surface area contributed by atoms with Crippen molar-refractivity contribution in [1.29, 1.82) is 0 Å². The Bertz CT molecular complexity index is 3770. The summed E-state index contributed by atoms with van der Waals surface area (Å²) in [5.74, 6) is -80.9. The van der Waals surface area contributed by atoms with E-state index >= 15 is 87.8 Å². The molecule has 0 fully saturated rings. The van der Waals surface area contributed by atoms with Crippen molar-refractivity contribution in [2.45, 2.75) is 45.2 Å². The maximum absolute atomic E-state index is 17.0. The van der Waals surface area contributed by atoms with Gasteiger partial charge < -0.3 is 0 Å². The highest BCUT2D eigenvalue weighted by Crippen LogP contribution is 2.44. The van der Waals surface area contributed by atoms with Crippen LogP contribution < -0.4 is 43.1 Å². The van der Waals surface area contributed by atoms with Crippen molar-refractivity contribution in [2.75, 3.05) is 0 Å². The summed E-state index contributed by atoms with van der Waals surface area (Å²) in [6, 6.07) is 21.3. The summed E-state index contributed by atoms with van der Waals surface area (Å²) in [4.78, 5) is 0. The van der Waals surface area contributed by atoms with Crippen LogP contribution >= 0.6 is 0 Å². The predicted octanol–water partition coefficient (Wildman–Crippen LogP) is 14.1. The smallest absolute Gasteiger partial charge is 0.207 e. The average Bonchev–Trinajstić information content (AvgIpc) is 0.702. The molecule has 0 aliphatic rings. The number of hydrogen-bond acceptors (Lipinski definition) is 0. The summed E-state index contributed by atoms with van der Waals surface area (Å²) >= 11 is -0.0167. The van der Waals surface area contributed by atoms with Crippen molar-refractivity contribution in [1.82, 2.24) is 0 Å². The minimum absolute atomic E-state index is 0.0167. The zero-order valence-corrected chi connectivity index (χ0v) is 45.4. The molecule has 0 aromatic heterocycles. The molecule has 31 heteroatoms. The van der Waals surface area contributed by atoms with Crippen LogP contribution in [0.5, 0.6) is 0 Å². The third kappa shape index (κ3) is 11.4. The van der Waals surface area contributed by atoms with E-state index in [1.807, 2.05) is 0 Å². The number of rotatable bonds is 10. The van der Waals surface area contributed by atoms with E-state index in [-0.39, 0.29) is 26.8 Å². The Morgan fingerprint density at radius 1 is 0.341 bits per heavy atom. The largest absolute Gasteiger partial charge is 0.422 e. The molecule has 8 rings (SSSR count). The molecule has 0 spiro atoms. The lowest BCUT2D eigenvalue weighted by Crippen LogP contribution is -3.61. The van der Waals surface area contributed by atoms with Gasteiger partial charge in [0, 0.05) is 0 Å². The van der Waals surface area contributed by atoms with Gasteiger partial charge in [0.15, 0.2) is 76.9 Å². The van der Waals surface area contributed by atoms with Crippen LogP contribution in [0.4, 0.5) is 127 Å². The molecule has 466 valence electrons. The lowest BCUT2D eigenvalue weighted by molar-refractivity contribution is -0.597. The highest BCUT2D eigenvalue weighted by atomic mass is 127. The number of hydrogen-bond donors (Lipinski definition) is 0. The van der Waals surface area contributed by atoms with Crippen molar-refractivity contribution in [3.63, 3.8) is 0 Å². The lowest BCUT2D eigenvalue weighted by atomic mass is 9.12. The summed E-state index contributed by atoms with van der Waals surface area (Å²) in [5, 5.41) is 0. The summed E-state index contributed by atoms with van der Waals surface area (Å²) in [6.45, 7) is 9.92. The fourth-order valence-electron chi connectivity index (χ4n) is 9.47. The molecule has 0 nitrogen and oxygen atoms in total. The molecule has 0 radical (unpaired) electrons. The van der Waals surface area contributed by atoms with E-state index in [1.54, 1.807) is 0 Å². The van der Waals surface area contributed by atoms with Crippen molar-refractivity contribution in [3.05, 3.63) is 236 Å². The van der Waals surface area contributed by atoms with Gasteiger partial charge in [-0.15, -0.1) is 21.9 Å². The standard InChI is InChI=1S/C41H7BF29.C16H18I/c1-2-7-3-5-8(6-4-7)9-19(43)21(45)10(22(46)20(9)44)11-23(47)31(55)15(32(56)24(11)48)42(16-33(57)25(49)12(39(63,64)65)26(50)34(16)58,17-35(59)27(51)13(40(66,67)68)28(52)36(17)60)18-37(61)29(53)14(41(69,70)71)30(54)38(18)62;1-12(2)14-6-10-16(11-7-14)17-15-8-4-13(3)5-9-15/h2-6H,1H2;4-12H,1-3H3/q-1;+1. The van der Waals surface area contributed by atoms with Crippen molar-refractivity contribution >= 4 is 34.1 Å². The van der Waals surface area contributed by atoms with Crippen LogP contribution in [0.3, 0.4) is 0 Å². The van der Waals surface area contributed by atoms with Crippen LogP contribution in [0, 0.1) is 130 Å². The van der Waals surface area contributed by atoms with Crippen LogP contribution in [0.1, 0.15) is 53.1 Å². The van der Waals surface area contributed by atoms with E-state index in [1.165, 1.54) is 18.3 Å². The number of benzene rings is 8. The first kappa shape index (κ1) is 67.8. The molecule has 0 atom stereocenters. The summed E-state index contributed by atoms with van der Waals surface area (Å²) in [6.07, 6.45) is -28.0. The number of alkyl halides is 9. The molecule has 0 bridgehead atoms. The fraction of sp³-hybridized carbons (Fsp3) is 0.123. The van der Waals surface area contributed by atoms with Crippen molar-refractivity contribution < 1.29 is 149 Å². The molecule has 0 aliphatic heterocycles. The van der Waals surface area contributed by atoms with Gasteiger partial charge in [-0.1, -0.05) is 80.6 Å². The van der Waals surface area contributed by atoms with Crippen LogP contribution in [-0.4, -0.2) is 6.15 Å². The second kappa shape index (κ2) is 24.3. The molecule has 0 amide bonds. The quantitative estimate of drug-likeness (QED) is 0.0554. The van der Waals surface area contributed by atoms with Crippen LogP contribution in [0.25, 0.3) is 28.3 Å². The highest BCUT2D eigenvalue weighted by Gasteiger charge is 2.56. The Balaban J connectivity index is 0.000000555. The van der Waals surface area contributed by atoms with Gasteiger partial charge in [0.25, 0.3) is 0 Å². The van der Waals surface area contributed by atoms with E-state index in [9.17, 15) is 39.5 Å². The van der Waals surface area contributed by atoms with Gasteiger partial charge >= 0.3 is 39.7 Å². The Hall–Kier alpha value is -7.74. The molecule has 8 aromatic carbocycles. The van der Waals surface area contributed by atoms with E-state index in [2.05, 4.69) is 75.9 Å². The topological polar surface area (TPSA) is 0 Å². The third-order valence-corrected chi connectivity index (χ3v) is 16.2. The first-order valence-electron chi connectivity index (χ1n) is 23.9. The summed E-state index contributed by atoms with van der Waals surface area (Å²) < 4.78 is 448. The Morgan fingerprint density at radius 2 is 0.591 bits per heavy atom. The Morgan fingerprint density at radius 3 is 0.852 bits per heavy atom. The van der Waals surface area contributed by atoms with Gasteiger partial charge in [0.05, 0.1) is 16.7 Å². The van der Waals surface area contributed by atoms with E-state index < -0.39 is 202 Å². The van der Waals surface area contributed by atoms with Crippen LogP contribution in [0.2, 0.25) is 0 Å². The predicted molar refractivity (Wildman–Crippen MR) is 254 cm³/mol. The van der Waals surface area contributed by atoms with Gasteiger partial charge in [-0.2, -0.15) is 39.5 Å². The SMILES string of the molecule is C=Cc1ccc(-c2c(F)c(F)c(-c3c(F)c(F)c([B-](c4c(F)c(F)c(C(F)(F)F)c(F)c4F)(c4c(F)c(F)c(C(F)(F)F)c(F)c4F)c4c(F)c(F)c(C(F)(F)F)c(F)c4F)c(F)c3F)c(F)c2F)cc1.Cc1ccc([I+]c2ccc(C(C)C)cc2)cc1. The van der Waals surface area contributed by atoms with Gasteiger partial charge in [-0.3, -0.25) is 0 Å². The van der Waals surface area contributed by atoms with Gasteiger partial charge in [0.1, 0.15) is 69.4 Å². The zero-order chi connectivity index (χ0) is 66.3. The van der Waals surface area contributed by atoms with Crippen molar-refractivity contribution in [2.24, 2.45) is 0 Å². The maximum atomic E-state index is 17.0. The highest BCUT2D eigenvalue weighted by molar-refractivity contribution is 7.20.